The maximum Gasteiger partial charge on any atom is 0.338 e. The lowest BCUT2D eigenvalue weighted by atomic mass is 9.93. The van der Waals surface area contributed by atoms with Crippen molar-refractivity contribution in [3.05, 3.63) is 105 Å². The first kappa shape index (κ1) is 27.6. The summed E-state index contributed by atoms with van der Waals surface area (Å²) in [5, 5.41) is 15.7. The molecule has 3 aromatic carbocycles. The number of carbonyl (C=O) groups is 1. The number of nitro benzene ring substituents is 1. The van der Waals surface area contributed by atoms with Crippen LogP contribution in [0.1, 0.15) is 37.9 Å². The van der Waals surface area contributed by atoms with Gasteiger partial charge in [0, 0.05) is 11.4 Å². The number of esters is 1. The Morgan fingerprint density at radius 2 is 1.64 bits per heavy atom. The Kier molecular flexibility index (Phi) is 8.77. The van der Waals surface area contributed by atoms with Crippen molar-refractivity contribution in [1.82, 2.24) is 5.32 Å². The van der Waals surface area contributed by atoms with Crippen LogP contribution in [-0.4, -0.2) is 29.2 Å². The van der Waals surface area contributed by atoms with Crippen molar-refractivity contribution in [2.75, 3.05) is 18.1 Å². The number of rotatable bonds is 10. The van der Waals surface area contributed by atoms with Gasteiger partial charge in [-0.15, -0.1) is 0 Å². The Hall–Kier alpha value is -4.44. The van der Waals surface area contributed by atoms with E-state index in [0.29, 0.717) is 18.1 Å². The van der Waals surface area contributed by atoms with E-state index in [0.717, 1.165) is 11.3 Å². The summed E-state index contributed by atoms with van der Waals surface area (Å²) in [5.74, 6) is -0.0699. The molecule has 0 radical (unpaired) electrons. The molecule has 0 aromatic heterocycles. The molecule has 0 bridgehead atoms. The smallest absolute Gasteiger partial charge is 0.338 e. The van der Waals surface area contributed by atoms with Crippen molar-refractivity contribution in [3.63, 3.8) is 0 Å². The normalized spacial score (nSPS) is 15.0. The largest absolute Gasteiger partial charge is 0.490 e. The first-order chi connectivity index (χ1) is 18.8. The van der Waals surface area contributed by atoms with E-state index in [9.17, 15) is 14.9 Å². The number of nitrogens with zero attached hydrogens (tertiary/aromatic N) is 2. The zero-order valence-corrected chi connectivity index (χ0v) is 22.7. The Bertz CT molecular complexity index is 1390. The molecule has 0 spiro atoms. The van der Waals surface area contributed by atoms with Gasteiger partial charge in [-0.05, 0) is 56.8 Å². The predicted octanol–water partition coefficient (Wildman–Crippen LogP) is 5.85. The summed E-state index contributed by atoms with van der Waals surface area (Å²) in [6.45, 7) is 5.89. The van der Waals surface area contributed by atoms with Crippen LogP contribution in [0.3, 0.4) is 0 Å². The molecule has 10 heteroatoms. The molecule has 1 aliphatic heterocycles. The van der Waals surface area contributed by atoms with Gasteiger partial charge >= 0.3 is 5.97 Å². The average molecular weight is 548 g/mol. The molecular weight excluding hydrogens is 518 g/mol. The molecule has 9 nitrogen and oxygen atoms in total. The molecule has 0 amide bonds. The topological polar surface area (TPSA) is 103 Å². The van der Waals surface area contributed by atoms with Gasteiger partial charge in [-0.25, -0.2) is 4.79 Å². The minimum absolute atomic E-state index is 0.136. The summed E-state index contributed by atoms with van der Waals surface area (Å²) in [5.41, 5.74) is 2.30. The fourth-order valence-electron chi connectivity index (χ4n) is 4.41. The second kappa shape index (κ2) is 12.4. The van der Waals surface area contributed by atoms with Gasteiger partial charge in [0.1, 0.15) is 6.61 Å². The predicted molar refractivity (Wildman–Crippen MR) is 152 cm³/mol. The lowest BCUT2D eigenvalue weighted by Gasteiger charge is -2.37. The molecule has 0 aliphatic carbocycles. The summed E-state index contributed by atoms with van der Waals surface area (Å²) in [4.78, 5) is 26.8. The van der Waals surface area contributed by atoms with Gasteiger partial charge in [0.2, 0.25) is 0 Å². The summed E-state index contributed by atoms with van der Waals surface area (Å²) in [6.07, 6.45) is 0. The molecular formula is C29H29N3O6S. The number of para-hydroxylation sites is 1. The van der Waals surface area contributed by atoms with Crippen LogP contribution in [0.5, 0.6) is 11.5 Å². The Labute approximate surface area is 232 Å². The van der Waals surface area contributed by atoms with Crippen LogP contribution in [-0.2, 0) is 16.1 Å². The molecule has 0 saturated carbocycles. The van der Waals surface area contributed by atoms with E-state index < -0.39 is 16.9 Å². The highest BCUT2D eigenvalue weighted by molar-refractivity contribution is 7.80. The number of anilines is 1. The molecule has 3 aromatic rings. The molecule has 0 unspecified atom stereocenters. The number of carbonyl (C=O) groups excluding carboxylic acids is 1. The lowest BCUT2D eigenvalue weighted by Crippen LogP contribution is -2.48. The third-order valence-corrected chi connectivity index (χ3v) is 6.43. The highest BCUT2D eigenvalue weighted by atomic mass is 32.1. The first-order valence-electron chi connectivity index (χ1n) is 12.5. The van der Waals surface area contributed by atoms with Crippen molar-refractivity contribution in [2.24, 2.45) is 0 Å². The molecule has 0 fully saturated rings. The van der Waals surface area contributed by atoms with Crippen LogP contribution in [0, 0.1) is 10.1 Å². The Morgan fingerprint density at radius 1 is 1.00 bits per heavy atom. The molecule has 1 heterocycles. The van der Waals surface area contributed by atoms with Gasteiger partial charge in [-0.3, -0.25) is 15.0 Å². The number of hydrogen-bond acceptors (Lipinski definition) is 7. The molecule has 1 aliphatic rings. The van der Waals surface area contributed by atoms with E-state index in [4.69, 9.17) is 26.4 Å². The van der Waals surface area contributed by atoms with Crippen molar-refractivity contribution in [2.45, 2.75) is 33.4 Å². The Morgan fingerprint density at radius 3 is 2.26 bits per heavy atom. The number of benzene rings is 3. The second-order valence-electron chi connectivity index (χ2n) is 8.60. The lowest BCUT2D eigenvalue weighted by molar-refractivity contribution is -0.385. The van der Waals surface area contributed by atoms with Crippen LogP contribution in [0.25, 0.3) is 0 Å². The van der Waals surface area contributed by atoms with Crippen LogP contribution in [0.4, 0.5) is 11.4 Å². The van der Waals surface area contributed by atoms with Crippen LogP contribution in [0.15, 0.2) is 84.1 Å². The van der Waals surface area contributed by atoms with Crippen molar-refractivity contribution in [3.8, 4) is 11.5 Å². The average Bonchev–Trinajstić information content (AvgIpc) is 2.93. The quantitative estimate of drug-likeness (QED) is 0.145. The van der Waals surface area contributed by atoms with E-state index in [1.165, 1.54) is 12.1 Å². The van der Waals surface area contributed by atoms with E-state index in [-0.39, 0.29) is 40.9 Å². The van der Waals surface area contributed by atoms with Gasteiger partial charge in [-0.1, -0.05) is 48.5 Å². The summed E-state index contributed by atoms with van der Waals surface area (Å²) >= 11 is 5.68. The zero-order chi connectivity index (χ0) is 27.9. The highest BCUT2D eigenvalue weighted by Crippen LogP contribution is 2.43. The fraction of sp³-hybridized carbons (Fsp3) is 0.241. The van der Waals surface area contributed by atoms with Crippen molar-refractivity contribution >= 4 is 34.7 Å². The number of hydrogen-bond donors (Lipinski definition) is 1. The van der Waals surface area contributed by atoms with Gasteiger partial charge in [0.05, 0.1) is 41.4 Å². The number of nitro groups is 1. The number of allylic oxidation sites excluding steroid dienone is 1. The molecule has 202 valence electrons. The van der Waals surface area contributed by atoms with Crippen molar-refractivity contribution < 1.29 is 23.9 Å². The summed E-state index contributed by atoms with van der Waals surface area (Å²) < 4.78 is 17.2. The van der Waals surface area contributed by atoms with Crippen LogP contribution >= 0.6 is 12.2 Å². The number of thiocarbonyl (C=S) groups is 1. The molecule has 1 atom stereocenters. The Balaban J connectivity index is 1.84. The van der Waals surface area contributed by atoms with Gasteiger partial charge in [0.25, 0.3) is 5.69 Å². The van der Waals surface area contributed by atoms with E-state index in [1.807, 2.05) is 67.6 Å². The first-order valence-corrected chi connectivity index (χ1v) is 12.9. The molecule has 4 rings (SSSR count). The zero-order valence-electron chi connectivity index (χ0n) is 21.9. The number of ether oxygens (including phenoxy) is 3. The number of nitrogens with one attached hydrogen (secondary N) is 1. The third kappa shape index (κ3) is 6.01. The van der Waals surface area contributed by atoms with Crippen LogP contribution in [0.2, 0.25) is 0 Å². The van der Waals surface area contributed by atoms with E-state index >= 15 is 0 Å². The fourth-order valence-corrected chi connectivity index (χ4v) is 4.77. The second-order valence-corrected chi connectivity index (χ2v) is 8.98. The van der Waals surface area contributed by atoms with Crippen LogP contribution < -0.4 is 19.7 Å². The standard InChI is InChI=1S/C29H29N3O6S/c1-4-36-24-16-22(23(32(34)35)17-25(24)38-18-20-12-8-6-9-13-20)27-26(28(33)37-5-2)19(3)31(29(39)30-27)21-14-10-7-11-15-21/h6-17,27H,4-5,18H2,1-3H3,(H,30,39)/t27-/m0/s1. The highest BCUT2D eigenvalue weighted by Gasteiger charge is 2.39. The third-order valence-electron chi connectivity index (χ3n) is 6.13. The molecule has 1 N–H and O–H groups in total. The van der Waals surface area contributed by atoms with E-state index in [2.05, 4.69) is 5.32 Å². The minimum atomic E-state index is -0.959. The molecule has 0 saturated heterocycles. The monoisotopic (exact) mass is 547 g/mol. The van der Waals surface area contributed by atoms with Gasteiger partial charge in [0.15, 0.2) is 16.6 Å². The summed E-state index contributed by atoms with van der Waals surface area (Å²) in [6, 6.07) is 20.7. The minimum Gasteiger partial charge on any atom is -0.490 e. The van der Waals surface area contributed by atoms with Gasteiger partial charge < -0.3 is 19.5 Å². The maximum absolute atomic E-state index is 13.3. The van der Waals surface area contributed by atoms with Crippen molar-refractivity contribution in [1.29, 1.82) is 0 Å². The maximum atomic E-state index is 13.3. The summed E-state index contributed by atoms with van der Waals surface area (Å²) in [7, 11) is 0. The molecule has 39 heavy (non-hydrogen) atoms. The van der Waals surface area contributed by atoms with Gasteiger partial charge in [-0.2, -0.15) is 0 Å². The van der Waals surface area contributed by atoms with E-state index in [1.54, 1.807) is 18.7 Å². The SMILES string of the molecule is CCOC(=O)C1=C(C)N(c2ccccc2)C(=S)N[C@H]1c1cc(OCC)c(OCc2ccccc2)cc1[N+](=O)[O-].